The lowest BCUT2D eigenvalue weighted by Crippen LogP contribution is -2.47. The number of nitrogens with one attached hydrogen (secondary N) is 2. The molecule has 2 N–H and O–H groups in total. The van der Waals surface area contributed by atoms with Crippen molar-refractivity contribution in [3.8, 4) is 0 Å². The van der Waals surface area contributed by atoms with E-state index in [-0.39, 0.29) is 31.1 Å². The molecule has 6 atom stereocenters. The molecular weight excluding hydrogens is 408 g/mol. The van der Waals surface area contributed by atoms with E-state index in [1.807, 2.05) is 0 Å². The van der Waals surface area contributed by atoms with Crippen LogP contribution in [-0.2, 0) is 14.3 Å². The van der Waals surface area contributed by atoms with E-state index in [1.54, 1.807) is 0 Å². The summed E-state index contributed by atoms with van der Waals surface area (Å²) < 4.78 is 65.2. The minimum absolute atomic E-state index is 0.0293. The molecule has 6 unspecified atom stereocenters. The molecule has 3 rings (SSSR count). The van der Waals surface area contributed by atoms with Crippen LogP contribution in [0.5, 0.6) is 0 Å². The highest BCUT2D eigenvalue weighted by Crippen LogP contribution is 2.42. The second-order valence-corrected chi connectivity index (χ2v) is 7.99. The van der Waals surface area contributed by atoms with Crippen LogP contribution in [0.3, 0.4) is 0 Å². The molecule has 6 nitrogen and oxygen atoms in total. The first kappa shape index (κ1) is 22.7. The Morgan fingerprint density at radius 1 is 1.13 bits per heavy atom. The molecule has 0 spiro atoms. The van der Waals surface area contributed by atoms with Gasteiger partial charge in [-0.05, 0) is 38.2 Å². The molecule has 0 bridgehead atoms. The van der Waals surface area contributed by atoms with Crippen molar-refractivity contribution in [2.24, 2.45) is 11.8 Å². The monoisotopic (exact) mass is 434 g/mol. The predicted octanol–water partition coefficient (Wildman–Crippen LogP) is 3.58. The Labute approximate surface area is 171 Å². The maximum absolute atomic E-state index is 13.9. The SMILES string of the molecule is COC1CCC(F)CC1OC1CCC(C(F)(F)F)CC1C(=O)Nc1cc[nH]c(=O)c1. The normalized spacial score (nSPS) is 32.6. The van der Waals surface area contributed by atoms with Crippen molar-refractivity contribution in [3.05, 3.63) is 28.7 Å². The van der Waals surface area contributed by atoms with Crippen LogP contribution in [0.2, 0.25) is 0 Å². The number of carbonyl (C=O) groups excluding carboxylic acids is 1. The Bertz CT molecular complexity index is 785. The van der Waals surface area contributed by atoms with Gasteiger partial charge in [-0.1, -0.05) is 0 Å². The quantitative estimate of drug-likeness (QED) is 0.695. The van der Waals surface area contributed by atoms with Crippen LogP contribution in [0.1, 0.15) is 38.5 Å². The third-order valence-corrected chi connectivity index (χ3v) is 5.95. The lowest BCUT2D eigenvalue weighted by molar-refractivity contribution is -0.203. The third kappa shape index (κ3) is 5.60. The van der Waals surface area contributed by atoms with Crippen molar-refractivity contribution >= 4 is 11.6 Å². The molecule has 2 saturated carbocycles. The minimum Gasteiger partial charge on any atom is -0.379 e. The van der Waals surface area contributed by atoms with Crippen LogP contribution < -0.4 is 10.9 Å². The van der Waals surface area contributed by atoms with E-state index in [2.05, 4.69) is 10.3 Å². The number of amides is 1. The van der Waals surface area contributed by atoms with Gasteiger partial charge in [-0.2, -0.15) is 13.2 Å². The number of alkyl halides is 4. The Hall–Kier alpha value is -1.94. The zero-order valence-electron chi connectivity index (χ0n) is 16.6. The van der Waals surface area contributed by atoms with Gasteiger partial charge in [-0.3, -0.25) is 9.59 Å². The number of rotatable bonds is 5. The van der Waals surface area contributed by atoms with Crippen molar-refractivity contribution in [2.45, 2.75) is 69.2 Å². The summed E-state index contributed by atoms with van der Waals surface area (Å²) in [6.45, 7) is 0. The van der Waals surface area contributed by atoms with Crippen molar-refractivity contribution in [1.29, 1.82) is 0 Å². The van der Waals surface area contributed by atoms with Crippen LogP contribution in [0.25, 0.3) is 0 Å². The fraction of sp³-hybridized carbons (Fsp3) is 0.700. The van der Waals surface area contributed by atoms with Crippen molar-refractivity contribution < 1.29 is 31.8 Å². The third-order valence-electron chi connectivity index (χ3n) is 5.95. The molecule has 1 amide bonds. The molecule has 0 saturated heterocycles. The van der Waals surface area contributed by atoms with Crippen LogP contribution in [0, 0.1) is 11.8 Å². The van der Waals surface area contributed by atoms with Crippen molar-refractivity contribution in [1.82, 2.24) is 4.98 Å². The number of anilines is 1. The molecule has 0 aliphatic heterocycles. The molecular formula is C20H26F4N2O4. The van der Waals surface area contributed by atoms with Gasteiger partial charge in [-0.25, -0.2) is 4.39 Å². The topological polar surface area (TPSA) is 80.4 Å². The molecule has 2 aliphatic rings. The first-order valence-electron chi connectivity index (χ1n) is 10.1. The number of aromatic amines is 1. The zero-order valence-corrected chi connectivity index (χ0v) is 16.6. The Kier molecular flexibility index (Phi) is 7.18. The van der Waals surface area contributed by atoms with Gasteiger partial charge in [0.05, 0.1) is 30.1 Å². The van der Waals surface area contributed by atoms with E-state index in [4.69, 9.17) is 9.47 Å². The fourth-order valence-electron chi connectivity index (χ4n) is 4.33. The molecule has 168 valence electrons. The second kappa shape index (κ2) is 9.47. The van der Waals surface area contributed by atoms with Gasteiger partial charge in [-0.15, -0.1) is 0 Å². The number of pyridine rings is 1. The van der Waals surface area contributed by atoms with Gasteiger partial charge >= 0.3 is 6.18 Å². The molecule has 1 aromatic rings. The maximum atomic E-state index is 13.9. The van der Waals surface area contributed by atoms with Gasteiger partial charge in [0.1, 0.15) is 6.17 Å². The van der Waals surface area contributed by atoms with Gasteiger partial charge in [0.2, 0.25) is 11.5 Å². The summed E-state index contributed by atoms with van der Waals surface area (Å²) in [6, 6.07) is 2.59. The van der Waals surface area contributed by atoms with Crippen LogP contribution in [0.4, 0.5) is 23.2 Å². The predicted molar refractivity (Wildman–Crippen MR) is 101 cm³/mol. The molecule has 10 heteroatoms. The summed E-state index contributed by atoms with van der Waals surface area (Å²) in [7, 11) is 1.48. The minimum atomic E-state index is -4.42. The summed E-state index contributed by atoms with van der Waals surface area (Å²) in [5.74, 6) is -3.35. The lowest BCUT2D eigenvalue weighted by Gasteiger charge is -2.40. The summed E-state index contributed by atoms with van der Waals surface area (Å²) in [4.78, 5) is 26.7. The number of hydrogen-bond acceptors (Lipinski definition) is 4. The number of methoxy groups -OCH3 is 1. The van der Waals surface area contributed by atoms with E-state index >= 15 is 0 Å². The highest BCUT2D eigenvalue weighted by atomic mass is 19.4. The number of halogens is 4. The molecule has 2 fully saturated rings. The zero-order chi connectivity index (χ0) is 21.9. The maximum Gasteiger partial charge on any atom is 0.391 e. The smallest absolute Gasteiger partial charge is 0.379 e. The van der Waals surface area contributed by atoms with Gasteiger partial charge in [0, 0.05) is 31.5 Å². The van der Waals surface area contributed by atoms with Crippen LogP contribution in [0.15, 0.2) is 23.1 Å². The first-order chi connectivity index (χ1) is 14.2. The average Bonchev–Trinajstić information content (AvgIpc) is 2.67. The number of ether oxygens (including phenoxy) is 2. The first-order valence-corrected chi connectivity index (χ1v) is 10.1. The molecule has 2 aliphatic carbocycles. The second-order valence-electron chi connectivity index (χ2n) is 7.99. The summed E-state index contributed by atoms with van der Waals surface area (Å²) in [5.41, 5.74) is -0.260. The lowest BCUT2D eigenvalue weighted by atomic mass is 9.78. The van der Waals surface area contributed by atoms with E-state index < -0.39 is 54.3 Å². The van der Waals surface area contributed by atoms with E-state index in [1.165, 1.54) is 19.4 Å². The van der Waals surface area contributed by atoms with E-state index in [9.17, 15) is 27.2 Å². The van der Waals surface area contributed by atoms with E-state index in [0.717, 1.165) is 6.07 Å². The average molecular weight is 434 g/mol. The Morgan fingerprint density at radius 3 is 2.53 bits per heavy atom. The van der Waals surface area contributed by atoms with Crippen molar-refractivity contribution in [2.75, 3.05) is 12.4 Å². The fourth-order valence-corrected chi connectivity index (χ4v) is 4.33. The summed E-state index contributed by atoms with van der Waals surface area (Å²) >= 11 is 0. The highest BCUT2D eigenvalue weighted by molar-refractivity contribution is 5.92. The van der Waals surface area contributed by atoms with Crippen LogP contribution in [-0.4, -0.2) is 48.7 Å². The van der Waals surface area contributed by atoms with E-state index in [0.29, 0.717) is 12.8 Å². The number of H-pyrrole nitrogens is 1. The number of aromatic nitrogens is 1. The van der Waals surface area contributed by atoms with Gasteiger partial charge in [0.25, 0.3) is 0 Å². The molecule has 1 aromatic heterocycles. The summed E-state index contributed by atoms with van der Waals surface area (Å²) in [6.07, 6.45) is -5.63. The molecule has 0 aromatic carbocycles. The number of carbonyl (C=O) groups is 1. The van der Waals surface area contributed by atoms with Gasteiger partial charge < -0.3 is 19.8 Å². The summed E-state index contributed by atoms with van der Waals surface area (Å²) in [5, 5.41) is 2.51. The van der Waals surface area contributed by atoms with Crippen molar-refractivity contribution in [3.63, 3.8) is 0 Å². The molecule has 30 heavy (non-hydrogen) atoms. The highest BCUT2D eigenvalue weighted by Gasteiger charge is 2.48. The van der Waals surface area contributed by atoms with Gasteiger partial charge in [0.15, 0.2) is 0 Å². The molecule has 0 radical (unpaired) electrons. The standard InChI is InChI=1S/C20H26F4N2O4/c1-29-16-5-3-12(21)9-17(16)30-15-4-2-11(20(22,23)24)8-14(15)19(28)26-13-6-7-25-18(27)10-13/h6-7,10-12,14-17H,2-5,8-9H2,1H3,(H2,25,26,27,28). The number of hydrogen-bond donors (Lipinski definition) is 2. The van der Waals surface area contributed by atoms with Crippen LogP contribution >= 0.6 is 0 Å². The Morgan fingerprint density at radius 2 is 1.87 bits per heavy atom. The molecule has 1 heterocycles. The largest absolute Gasteiger partial charge is 0.391 e. The Balaban J connectivity index is 1.77.